The summed E-state index contributed by atoms with van der Waals surface area (Å²) in [6.45, 7) is 14.6. The smallest absolute Gasteiger partial charge is 0.320 e. The molecular formula is C43H76N8O16. The Labute approximate surface area is 392 Å². The first-order valence-corrected chi connectivity index (χ1v) is 22.5. The average Bonchev–Trinajstić information content (AvgIpc) is 3.17. The lowest BCUT2D eigenvalue weighted by Gasteiger charge is -2.35. The zero-order chi connectivity index (χ0) is 51.1. The number of carbonyl (C=O) groups is 9. The first kappa shape index (κ1) is 60.3. The van der Waals surface area contributed by atoms with Gasteiger partial charge in [-0.1, -0.05) is 41.5 Å². The van der Waals surface area contributed by atoms with Gasteiger partial charge in [-0.3, -0.25) is 82.4 Å². The molecule has 2 rings (SSSR count). The minimum Gasteiger partial charge on any atom is -0.480 e. The fourth-order valence-electron chi connectivity index (χ4n) is 7.24. The average molecular weight is 961 g/mol. The lowest BCUT2D eigenvalue weighted by Crippen LogP contribution is -2.52. The quantitative estimate of drug-likeness (QED) is 0.0766. The van der Waals surface area contributed by atoms with Crippen LogP contribution in [0.15, 0.2) is 0 Å². The van der Waals surface area contributed by atoms with Crippen LogP contribution in [0.4, 0.5) is 0 Å². The molecule has 2 aliphatic heterocycles. The highest BCUT2D eigenvalue weighted by Crippen LogP contribution is 2.20. The summed E-state index contributed by atoms with van der Waals surface area (Å²) in [5.41, 5.74) is -1.12. The van der Waals surface area contributed by atoms with Crippen molar-refractivity contribution >= 4 is 53.4 Å². The Bertz CT molecular complexity index is 1590. The molecule has 24 heteroatoms. The van der Waals surface area contributed by atoms with Crippen molar-refractivity contribution in [2.75, 3.05) is 151 Å². The molecule has 0 spiro atoms. The highest BCUT2D eigenvalue weighted by molar-refractivity contribution is 5.85. The van der Waals surface area contributed by atoms with Crippen LogP contribution in [0.3, 0.4) is 0 Å². The SMILES string of the molecule is CC(C)(C)C(=O)CCC(C(=O)O)N1CCN(CC(=O)O)CCN(CC(=O)O)CCN(CC(=O)O)CC1.CC(C)(C)C(=O)CN1CCN(CC(=O)O)CCN(CC(=O)O)CCN(CC(=O)O)CC1. The number of hydrogen-bond acceptors (Lipinski definition) is 17. The molecule has 2 fully saturated rings. The third-order valence-corrected chi connectivity index (χ3v) is 11.4. The van der Waals surface area contributed by atoms with E-state index in [1.54, 1.807) is 55.1 Å². The number of aliphatic carboxylic acids is 7. The van der Waals surface area contributed by atoms with E-state index in [0.717, 1.165) is 0 Å². The molecule has 0 aromatic rings. The molecule has 2 saturated heterocycles. The van der Waals surface area contributed by atoms with Crippen molar-refractivity contribution in [2.45, 2.75) is 60.4 Å². The molecule has 1 atom stereocenters. The first-order valence-electron chi connectivity index (χ1n) is 22.5. The van der Waals surface area contributed by atoms with Gasteiger partial charge >= 0.3 is 41.8 Å². The second-order valence-corrected chi connectivity index (χ2v) is 19.1. The molecule has 0 aromatic carbocycles. The van der Waals surface area contributed by atoms with Gasteiger partial charge in [0, 0.05) is 122 Å². The van der Waals surface area contributed by atoms with E-state index in [-0.39, 0.29) is 123 Å². The van der Waals surface area contributed by atoms with Gasteiger partial charge in [0.05, 0.1) is 45.8 Å². The number of rotatable bonds is 19. The molecule has 67 heavy (non-hydrogen) atoms. The van der Waals surface area contributed by atoms with Crippen LogP contribution < -0.4 is 0 Å². The van der Waals surface area contributed by atoms with E-state index in [0.29, 0.717) is 52.4 Å². The number of carboxylic acids is 7. The summed E-state index contributed by atoms with van der Waals surface area (Å²) in [5, 5.41) is 65.4. The Morgan fingerprint density at radius 1 is 0.343 bits per heavy atom. The molecule has 0 aromatic heterocycles. The second kappa shape index (κ2) is 29.9. The van der Waals surface area contributed by atoms with E-state index < -0.39 is 58.7 Å². The van der Waals surface area contributed by atoms with Gasteiger partial charge in [0.15, 0.2) is 5.78 Å². The van der Waals surface area contributed by atoms with Crippen LogP contribution in [0.2, 0.25) is 0 Å². The maximum Gasteiger partial charge on any atom is 0.320 e. The zero-order valence-corrected chi connectivity index (χ0v) is 40.1. The van der Waals surface area contributed by atoms with Crippen molar-refractivity contribution in [1.82, 2.24) is 39.2 Å². The van der Waals surface area contributed by atoms with E-state index in [9.17, 15) is 73.8 Å². The third-order valence-electron chi connectivity index (χ3n) is 11.4. The molecule has 2 aliphatic rings. The maximum absolute atomic E-state index is 12.6. The Balaban J connectivity index is 0.000000678. The van der Waals surface area contributed by atoms with Gasteiger partial charge in [-0.25, -0.2) is 0 Å². The van der Waals surface area contributed by atoms with Crippen LogP contribution in [-0.2, 0) is 43.2 Å². The number of hydrogen-bond donors (Lipinski definition) is 7. The number of nitrogens with zero attached hydrogens (tertiary/aromatic N) is 8. The van der Waals surface area contributed by atoms with E-state index in [1.165, 1.54) is 0 Å². The highest BCUT2D eigenvalue weighted by atomic mass is 16.4. The van der Waals surface area contributed by atoms with Crippen LogP contribution in [0.1, 0.15) is 54.4 Å². The summed E-state index contributed by atoms with van der Waals surface area (Å²) < 4.78 is 0. The topological polar surface area (TPSA) is 321 Å². The number of Topliss-reactive ketones (excluding diaryl/α,β-unsaturated/α-hetero) is 2. The predicted octanol–water partition coefficient (Wildman–Crippen LogP) is -1.61. The van der Waals surface area contributed by atoms with Crippen LogP contribution in [0.5, 0.6) is 0 Å². The minimum atomic E-state index is -1.11. The van der Waals surface area contributed by atoms with Gasteiger partial charge in [-0.05, 0) is 6.42 Å². The van der Waals surface area contributed by atoms with Gasteiger partial charge in [0.1, 0.15) is 11.8 Å². The number of ketones is 2. The van der Waals surface area contributed by atoms with Crippen LogP contribution in [0.25, 0.3) is 0 Å². The number of carboxylic acid groups (broad SMARTS) is 7. The van der Waals surface area contributed by atoms with Crippen molar-refractivity contribution in [3.63, 3.8) is 0 Å². The van der Waals surface area contributed by atoms with E-state index >= 15 is 0 Å². The number of carbonyl (C=O) groups excluding carboxylic acids is 2. The molecule has 0 aliphatic carbocycles. The van der Waals surface area contributed by atoms with Crippen LogP contribution in [-0.4, -0.2) is 285 Å². The van der Waals surface area contributed by atoms with Crippen molar-refractivity contribution in [2.24, 2.45) is 10.8 Å². The highest BCUT2D eigenvalue weighted by Gasteiger charge is 2.31. The standard InChI is InChI=1S/C23H40N4O9.C20H36N4O7/c1-23(2,3)18(28)5-4-17(22(35)36)27-12-10-25(15-20(31)32)8-6-24(14-19(29)30)7-9-26(11-13-27)16-21(33)34;1-20(2,3)16(25)12-21-4-6-22(13-17(26)27)8-10-24(15-19(30)31)11-9-23(7-5-21)14-18(28)29/h17H,4-16H2,1-3H3,(H,29,30)(H,31,32)(H,33,34)(H,35,36);4-15H2,1-3H3,(H,26,27)(H,28,29)(H,30,31). The lowest BCUT2D eigenvalue weighted by molar-refractivity contribution is -0.145. The van der Waals surface area contributed by atoms with Crippen molar-refractivity contribution in [3.05, 3.63) is 0 Å². The van der Waals surface area contributed by atoms with Gasteiger partial charge in [-0.15, -0.1) is 0 Å². The fraction of sp³-hybridized carbons (Fsp3) is 0.791. The molecule has 24 nitrogen and oxygen atoms in total. The van der Waals surface area contributed by atoms with Crippen LogP contribution >= 0.6 is 0 Å². The Morgan fingerprint density at radius 3 is 0.746 bits per heavy atom. The summed E-state index contributed by atoms with van der Waals surface area (Å²) in [6, 6.07) is -0.999. The molecule has 0 bridgehead atoms. The molecule has 7 N–H and O–H groups in total. The van der Waals surface area contributed by atoms with E-state index in [1.807, 2.05) is 25.7 Å². The Morgan fingerprint density at radius 2 is 0.552 bits per heavy atom. The zero-order valence-electron chi connectivity index (χ0n) is 40.1. The minimum absolute atomic E-state index is 0.0572. The summed E-state index contributed by atoms with van der Waals surface area (Å²) >= 11 is 0. The van der Waals surface area contributed by atoms with E-state index in [2.05, 4.69) is 0 Å². The maximum atomic E-state index is 12.6. The largest absolute Gasteiger partial charge is 0.480 e. The molecular weight excluding hydrogens is 885 g/mol. The summed E-state index contributed by atoms with van der Waals surface area (Å²) in [4.78, 5) is 119. The van der Waals surface area contributed by atoms with Gasteiger partial charge in [0.2, 0.25) is 0 Å². The van der Waals surface area contributed by atoms with Gasteiger partial charge < -0.3 is 35.7 Å². The molecule has 1 unspecified atom stereocenters. The summed E-state index contributed by atoms with van der Waals surface area (Å²) in [5.74, 6) is -7.21. The van der Waals surface area contributed by atoms with Crippen molar-refractivity contribution in [3.8, 4) is 0 Å². The van der Waals surface area contributed by atoms with Crippen molar-refractivity contribution in [1.29, 1.82) is 0 Å². The summed E-state index contributed by atoms with van der Waals surface area (Å²) in [7, 11) is 0. The fourth-order valence-corrected chi connectivity index (χ4v) is 7.24. The van der Waals surface area contributed by atoms with Gasteiger partial charge in [-0.2, -0.15) is 0 Å². The molecule has 0 amide bonds. The molecule has 2 heterocycles. The Kier molecular flexibility index (Phi) is 27.0. The van der Waals surface area contributed by atoms with Crippen LogP contribution in [0, 0.1) is 10.8 Å². The van der Waals surface area contributed by atoms with Crippen molar-refractivity contribution < 1.29 is 78.9 Å². The second-order valence-electron chi connectivity index (χ2n) is 19.1. The molecule has 384 valence electrons. The summed E-state index contributed by atoms with van der Waals surface area (Å²) in [6.07, 6.45) is 0.147. The first-order chi connectivity index (χ1) is 31.0. The molecule has 0 saturated carbocycles. The van der Waals surface area contributed by atoms with Gasteiger partial charge in [0.25, 0.3) is 0 Å². The predicted molar refractivity (Wildman–Crippen MR) is 242 cm³/mol. The Hall–Kier alpha value is -4.69. The third kappa shape index (κ3) is 27.7. The lowest BCUT2D eigenvalue weighted by atomic mass is 9.87. The molecule has 0 radical (unpaired) electrons. The van der Waals surface area contributed by atoms with E-state index in [4.69, 9.17) is 5.11 Å². The monoisotopic (exact) mass is 961 g/mol. The normalized spacial score (nSPS) is 19.2.